The fourth-order valence-electron chi connectivity index (χ4n) is 2.16. The van der Waals surface area contributed by atoms with Crippen LogP contribution in [0.4, 0.5) is 0 Å². The van der Waals surface area contributed by atoms with Crippen LogP contribution in [0.5, 0.6) is 0 Å². The number of rotatable bonds is 4. The Morgan fingerprint density at radius 3 is 2.53 bits per heavy atom. The molecule has 1 fully saturated rings. The summed E-state index contributed by atoms with van der Waals surface area (Å²) >= 11 is 5.95. The van der Waals surface area contributed by atoms with Crippen LogP contribution in [0.2, 0.25) is 5.02 Å². The zero-order valence-corrected chi connectivity index (χ0v) is 11.1. The van der Waals surface area contributed by atoms with Crippen molar-refractivity contribution in [2.75, 3.05) is 0 Å². The SMILES string of the molecule is O=S(=O)(Cc1ccccc1Cl)NC1CCCC1. The Bertz CT molecular complexity index is 481. The summed E-state index contributed by atoms with van der Waals surface area (Å²) in [5.41, 5.74) is 0.652. The Morgan fingerprint density at radius 1 is 1.24 bits per heavy atom. The third kappa shape index (κ3) is 3.69. The van der Waals surface area contributed by atoms with Crippen molar-refractivity contribution >= 4 is 21.6 Å². The predicted molar refractivity (Wildman–Crippen MR) is 69.5 cm³/mol. The fourth-order valence-corrected chi connectivity index (χ4v) is 3.93. The van der Waals surface area contributed by atoms with Crippen LogP contribution >= 0.6 is 11.6 Å². The first-order valence-corrected chi connectivity index (χ1v) is 7.83. The molecule has 0 bridgehead atoms. The van der Waals surface area contributed by atoms with E-state index in [2.05, 4.69) is 4.72 Å². The highest BCUT2D eigenvalue weighted by atomic mass is 35.5. The third-order valence-electron chi connectivity index (χ3n) is 3.00. The number of hydrogen-bond donors (Lipinski definition) is 1. The van der Waals surface area contributed by atoms with Crippen molar-refractivity contribution in [3.63, 3.8) is 0 Å². The van der Waals surface area contributed by atoms with Gasteiger partial charge in [-0.15, -0.1) is 0 Å². The highest BCUT2D eigenvalue weighted by molar-refractivity contribution is 7.88. The second-order valence-corrected chi connectivity index (χ2v) is 6.61. The van der Waals surface area contributed by atoms with E-state index in [1.54, 1.807) is 24.3 Å². The molecule has 2 rings (SSSR count). The monoisotopic (exact) mass is 273 g/mol. The lowest BCUT2D eigenvalue weighted by atomic mass is 10.2. The lowest BCUT2D eigenvalue weighted by Crippen LogP contribution is -2.33. The zero-order valence-electron chi connectivity index (χ0n) is 9.52. The van der Waals surface area contributed by atoms with Crippen LogP contribution in [-0.2, 0) is 15.8 Å². The maximum Gasteiger partial charge on any atom is 0.216 e. The van der Waals surface area contributed by atoms with E-state index in [1.165, 1.54) is 0 Å². The van der Waals surface area contributed by atoms with Gasteiger partial charge in [0.25, 0.3) is 0 Å². The Kier molecular flexibility index (Phi) is 4.07. The van der Waals surface area contributed by atoms with Crippen LogP contribution in [0.3, 0.4) is 0 Å². The average Bonchev–Trinajstić information content (AvgIpc) is 2.73. The summed E-state index contributed by atoms with van der Waals surface area (Å²) in [4.78, 5) is 0. The van der Waals surface area contributed by atoms with Gasteiger partial charge in [-0.3, -0.25) is 0 Å². The van der Waals surface area contributed by atoms with E-state index >= 15 is 0 Å². The van der Waals surface area contributed by atoms with Gasteiger partial charge in [-0.1, -0.05) is 42.6 Å². The van der Waals surface area contributed by atoms with Crippen molar-refractivity contribution in [1.29, 1.82) is 0 Å². The lowest BCUT2D eigenvalue weighted by molar-refractivity contribution is 0.551. The molecule has 0 aromatic heterocycles. The molecular formula is C12H16ClNO2S. The van der Waals surface area contributed by atoms with E-state index in [-0.39, 0.29) is 11.8 Å². The van der Waals surface area contributed by atoms with Crippen LogP contribution in [0.25, 0.3) is 0 Å². The van der Waals surface area contributed by atoms with Crippen molar-refractivity contribution < 1.29 is 8.42 Å². The molecule has 0 aliphatic heterocycles. The smallest absolute Gasteiger partial charge is 0.212 e. The summed E-state index contributed by atoms with van der Waals surface area (Å²) in [6.07, 6.45) is 4.11. The summed E-state index contributed by atoms with van der Waals surface area (Å²) in [7, 11) is -3.28. The van der Waals surface area contributed by atoms with Crippen LogP contribution in [0, 0.1) is 0 Å². The quantitative estimate of drug-likeness (QED) is 0.917. The maximum atomic E-state index is 11.9. The van der Waals surface area contributed by atoms with Crippen LogP contribution < -0.4 is 4.72 Å². The molecule has 0 atom stereocenters. The molecule has 0 spiro atoms. The van der Waals surface area contributed by atoms with Crippen molar-refractivity contribution in [3.05, 3.63) is 34.9 Å². The first kappa shape index (κ1) is 12.9. The Labute approximate surface area is 107 Å². The number of sulfonamides is 1. The highest BCUT2D eigenvalue weighted by Crippen LogP contribution is 2.21. The van der Waals surface area contributed by atoms with Gasteiger partial charge in [-0.05, 0) is 24.5 Å². The standard InChI is InChI=1S/C12H16ClNO2S/c13-12-8-4-1-5-10(12)9-17(15,16)14-11-6-2-3-7-11/h1,4-5,8,11,14H,2-3,6-7,9H2. The third-order valence-corrected chi connectivity index (χ3v) is 4.76. The molecular weight excluding hydrogens is 258 g/mol. The molecule has 0 saturated heterocycles. The number of hydrogen-bond acceptors (Lipinski definition) is 2. The van der Waals surface area contributed by atoms with Gasteiger partial charge >= 0.3 is 0 Å². The molecule has 0 radical (unpaired) electrons. The first-order chi connectivity index (χ1) is 8.07. The Balaban J connectivity index is 2.04. The van der Waals surface area contributed by atoms with E-state index in [4.69, 9.17) is 11.6 Å². The van der Waals surface area contributed by atoms with Crippen molar-refractivity contribution in [1.82, 2.24) is 4.72 Å². The highest BCUT2D eigenvalue weighted by Gasteiger charge is 2.22. The molecule has 0 heterocycles. The Hall–Kier alpha value is -0.580. The Morgan fingerprint density at radius 2 is 1.88 bits per heavy atom. The van der Waals surface area contributed by atoms with E-state index in [9.17, 15) is 8.42 Å². The van der Waals surface area contributed by atoms with E-state index in [0.29, 0.717) is 10.6 Å². The van der Waals surface area contributed by atoms with Crippen molar-refractivity contribution in [3.8, 4) is 0 Å². The molecule has 1 N–H and O–H groups in total. The average molecular weight is 274 g/mol. The topological polar surface area (TPSA) is 46.2 Å². The molecule has 94 valence electrons. The zero-order chi connectivity index (χ0) is 12.3. The summed E-state index contributed by atoms with van der Waals surface area (Å²) in [5.74, 6) is -0.0385. The molecule has 1 aliphatic carbocycles. The molecule has 17 heavy (non-hydrogen) atoms. The van der Waals surface area contributed by atoms with Gasteiger partial charge in [0.05, 0.1) is 5.75 Å². The summed E-state index contributed by atoms with van der Waals surface area (Å²) < 4.78 is 26.6. The van der Waals surface area contributed by atoms with Crippen molar-refractivity contribution in [2.45, 2.75) is 37.5 Å². The number of nitrogens with one attached hydrogen (secondary N) is 1. The normalized spacial score (nSPS) is 17.5. The molecule has 0 unspecified atom stereocenters. The molecule has 5 heteroatoms. The molecule has 1 aromatic rings. The van der Waals surface area contributed by atoms with E-state index in [1.807, 2.05) is 0 Å². The van der Waals surface area contributed by atoms with Gasteiger partial charge in [0.15, 0.2) is 0 Å². The van der Waals surface area contributed by atoms with Crippen molar-refractivity contribution in [2.24, 2.45) is 0 Å². The van der Waals surface area contributed by atoms with Gasteiger partial charge in [0.2, 0.25) is 10.0 Å². The summed E-state index contributed by atoms with van der Waals surface area (Å²) in [5, 5.41) is 0.504. The van der Waals surface area contributed by atoms with Crippen LogP contribution in [-0.4, -0.2) is 14.5 Å². The second kappa shape index (κ2) is 5.38. The molecule has 1 aliphatic rings. The van der Waals surface area contributed by atoms with Gasteiger partial charge in [0, 0.05) is 11.1 Å². The molecule has 0 amide bonds. The summed E-state index contributed by atoms with van der Waals surface area (Å²) in [6, 6.07) is 7.16. The van der Waals surface area contributed by atoms with Gasteiger partial charge in [-0.2, -0.15) is 0 Å². The van der Waals surface area contributed by atoms with Gasteiger partial charge in [0.1, 0.15) is 0 Å². The van der Waals surface area contributed by atoms with Gasteiger partial charge < -0.3 is 0 Å². The van der Waals surface area contributed by atoms with E-state index < -0.39 is 10.0 Å². The minimum Gasteiger partial charge on any atom is -0.212 e. The van der Waals surface area contributed by atoms with Crippen LogP contribution in [0.15, 0.2) is 24.3 Å². The minimum absolute atomic E-state index is 0.0385. The summed E-state index contributed by atoms with van der Waals surface area (Å²) in [6.45, 7) is 0. The van der Waals surface area contributed by atoms with Gasteiger partial charge in [-0.25, -0.2) is 13.1 Å². The lowest BCUT2D eigenvalue weighted by Gasteiger charge is -2.12. The molecule has 1 aromatic carbocycles. The number of halogens is 1. The largest absolute Gasteiger partial charge is 0.216 e. The van der Waals surface area contributed by atoms with E-state index in [0.717, 1.165) is 25.7 Å². The maximum absolute atomic E-state index is 11.9. The fraction of sp³-hybridized carbons (Fsp3) is 0.500. The first-order valence-electron chi connectivity index (χ1n) is 5.80. The molecule has 3 nitrogen and oxygen atoms in total. The minimum atomic E-state index is -3.28. The predicted octanol–water partition coefficient (Wildman–Crippen LogP) is 2.70. The van der Waals surface area contributed by atoms with Crippen LogP contribution in [0.1, 0.15) is 31.2 Å². The molecule has 1 saturated carbocycles. The number of benzene rings is 1. The second-order valence-electron chi connectivity index (χ2n) is 4.45.